The van der Waals surface area contributed by atoms with Crippen molar-refractivity contribution in [3.05, 3.63) is 22.5 Å². The number of nitrogens with one attached hydrogen (secondary N) is 1. The van der Waals surface area contributed by atoms with Crippen LogP contribution in [0.4, 0.5) is 10.5 Å². The summed E-state index contributed by atoms with van der Waals surface area (Å²) >= 11 is 0. The maximum atomic E-state index is 12.2. The van der Waals surface area contributed by atoms with Crippen LogP contribution < -0.4 is 5.32 Å². The molecule has 27 heavy (non-hydrogen) atoms. The molecule has 0 aromatic carbocycles. The number of rotatable bonds is 4. The first-order valence-electron chi connectivity index (χ1n) is 8.93. The third-order valence-electron chi connectivity index (χ3n) is 4.31. The van der Waals surface area contributed by atoms with E-state index in [1.807, 2.05) is 20.8 Å². The quantitative estimate of drug-likeness (QED) is 0.603. The Morgan fingerprint density at radius 1 is 1.44 bits per heavy atom. The number of aliphatic imine (C=N–C) groups is 1. The Balaban J connectivity index is 1.46. The lowest BCUT2D eigenvalue weighted by Crippen LogP contribution is -2.57. The predicted octanol–water partition coefficient (Wildman–Crippen LogP) is 0.672. The average molecular weight is 379 g/mol. The molecule has 0 bridgehead atoms. The summed E-state index contributed by atoms with van der Waals surface area (Å²) in [7, 11) is 0. The van der Waals surface area contributed by atoms with Crippen LogP contribution >= 0.6 is 0 Å². The maximum Gasteiger partial charge on any atom is 0.410 e. The van der Waals surface area contributed by atoms with Crippen molar-refractivity contribution < 1.29 is 14.5 Å². The molecule has 2 aliphatic rings. The first-order valence-corrected chi connectivity index (χ1v) is 8.93. The zero-order valence-corrected chi connectivity index (χ0v) is 15.8. The van der Waals surface area contributed by atoms with Crippen molar-refractivity contribution in [1.29, 1.82) is 0 Å². The molecule has 1 N–H and O–H groups in total. The summed E-state index contributed by atoms with van der Waals surface area (Å²) in [5.41, 5.74) is -0.527. The van der Waals surface area contributed by atoms with Crippen LogP contribution in [-0.2, 0) is 11.3 Å². The Labute approximate surface area is 157 Å². The van der Waals surface area contributed by atoms with Gasteiger partial charge in [0.15, 0.2) is 5.96 Å². The number of carbonyl (C=O) groups excluding carboxylic acids is 1. The Hall–Kier alpha value is -2.85. The van der Waals surface area contributed by atoms with Crippen molar-refractivity contribution in [1.82, 2.24) is 24.9 Å². The van der Waals surface area contributed by atoms with Gasteiger partial charge in [0.1, 0.15) is 18.0 Å². The van der Waals surface area contributed by atoms with Crippen LogP contribution in [-0.4, -0.2) is 80.9 Å². The second kappa shape index (κ2) is 7.41. The molecular formula is C16H25N7O4. The lowest BCUT2D eigenvalue weighted by molar-refractivity contribution is -0.385. The second-order valence-electron chi connectivity index (χ2n) is 7.58. The maximum absolute atomic E-state index is 12.2. The molecule has 11 nitrogen and oxygen atoms in total. The van der Waals surface area contributed by atoms with Gasteiger partial charge in [0, 0.05) is 26.2 Å². The van der Waals surface area contributed by atoms with Gasteiger partial charge < -0.3 is 19.9 Å². The number of aromatic nitrogens is 2. The summed E-state index contributed by atoms with van der Waals surface area (Å²) in [4.78, 5) is 30.9. The summed E-state index contributed by atoms with van der Waals surface area (Å²) in [6, 6.07) is 0.138. The third kappa shape index (κ3) is 4.66. The zero-order valence-electron chi connectivity index (χ0n) is 15.8. The first kappa shape index (κ1) is 18.9. The SMILES string of the molecule is CC(C)(C)OC(=O)N1CCN2C(NCCn3cc([N+](=O)[O-])cn3)=NCC2C1. The van der Waals surface area contributed by atoms with Gasteiger partial charge in [-0.15, -0.1) is 0 Å². The summed E-state index contributed by atoms with van der Waals surface area (Å²) in [5.74, 6) is 0.797. The van der Waals surface area contributed by atoms with Crippen LogP contribution in [0.1, 0.15) is 20.8 Å². The molecule has 0 radical (unpaired) electrons. The van der Waals surface area contributed by atoms with Gasteiger partial charge in [-0.25, -0.2) is 4.79 Å². The molecule has 3 heterocycles. The number of hydrogen-bond acceptors (Lipinski definition) is 8. The fourth-order valence-corrected chi connectivity index (χ4v) is 3.07. The van der Waals surface area contributed by atoms with E-state index in [4.69, 9.17) is 4.74 Å². The molecule has 2 aliphatic heterocycles. The number of hydrogen-bond donors (Lipinski definition) is 1. The summed E-state index contributed by atoms with van der Waals surface area (Å²) in [6.45, 7) is 9.08. The van der Waals surface area contributed by atoms with E-state index in [0.717, 1.165) is 5.96 Å². The molecule has 1 aromatic rings. The third-order valence-corrected chi connectivity index (χ3v) is 4.31. The zero-order chi connectivity index (χ0) is 19.6. The highest BCUT2D eigenvalue weighted by atomic mass is 16.6. The van der Waals surface area contributed by atoms with Gasteiger partial charge in [-0.1, -0.05) is 0 Å². The van der Waals surface area contributed by atoms with E-state index in [2.05, 4.69) is 20.3 Å². The molecule has 148 valence electrons. The molecule has 1 atom stereocenters. The number of amides is 1. The molecule has 0 spiro atoms. The number of guanidine groups is 1. The Bertz CT molecular complexity index is 739. The monoisotopic (exact) mass is 379 g/mol. The normalized spacial score (nSPS) is 19.5. The first-order chi connectivity index (χ1) is 12.7. The van der Waals surface area contributed by atoms with Crippen molar-refractivity contribution >= 4 is 17.7 Å². The van der Waals surface area contributed by atoms with E-state index in [-0.39, 0.29) is 17.8 Å². The molecule has 11 heteroatoms. The van der Waals surface area contributed by atoms with Gasteiger partial charge in [-0.05, 0) is 20.8 Å². The van der Waals surface area contributed by atoms with E-state index in [9.17, 15) is 14.9 Å². The summed E-state index contributed by atoms with van der Waals surface area (Å²) in [5, 5.41) is 17.9. The smallest absolute Gasteiger partial charge is 0.410 e. The van der Waals surface area contributed by atoms with E-state index >= 15 is 0 Å². The molecule has 1 unspecified atom stereocenters. The van der Waals surface area contributed by atoms with Crippen LogP contribution in [0.15, 0.2) is 17.4 Å². The minimum atomic E-state index is -0.505. The van der Waals surface area contributed by atoms with Gasteiger partial charge in [0.05, 0.1) is 24.1 Å². The number of nitro groups is 1. The van der Waals surface area contributed by atoms with Crippen LogP contribution in [0.3, 0.4) is 0 Å². The number of ether oxygens (including phenoxy) is 1. The topological polar surface area (TPSA) is 118 Å². The van der Waals surface area contributed by atoms with E-state index < -0.39 is 10.5 Å². The van der Waals surface area contributed by atoms with Crippen LogP contribution in [0.25, 0.3) is 0 Å². The minimum Gasteiger partial charge on any atom is -0.444 e. The summed E-state index contributed by atoms with van der Waals surface area (Å²) < 4.78 is 6.97. The van der Waals surface area contributed by atoms with Crippen molar-refractivity contribution in [2.75, 3.05) is 32.7 Å². The fourth-order valence-electron chi connectivity index (χ4n) is 3.07. The number of piperazine rings is 1. The van der Waals surface area contributed by atoms with Crippen LogP contribution in [0.5, 0.6) is 0 Å². The van der Waals surface area contributed by atoms with Crippen molar-refractivity contribution in [3.63, 3.8) is 0 Å². The molecule has 0 aliphatic carbocycles. The molecular weight excluding hydrogens is 354 g/mol. The Morgan fingerprint density at radius 2 is 2.22 bits per heavy atom. The molecule has 3 rings (SSSR count). The highest BCUT2D eigenvalue weighted by molar-refractivity contribution is 5.82. The van der Waals surface area contributed by atoms with Crippen molar-refractivity contribution in [3.8, 4) is 0 Å². The highest BCUT2D eigenvalue weighted by Crippen LogP contribution is 2.18. The van der Waals surface area contributed by atoms with Gasteiger partial charge in [-0.3, -0.25) is 19.8 Å². The number of fused-ring (bicyclic) bond motifs is 1. The number of carbonyl (C=O) groups is 1. The van der Waals surface area contributed by atoms with Gasteiger partial charge in [-0.2, -0.15) is 5.10 Å². The minimum absolute atomic E-state index is 0.0217. The fraction of sp³-hybridized carbons (Fsp3) is 0.688. The Kier molecular flexibility index (Phi) is 5.19. The molecule has 1 fully saturated rings. The predicted molar refractivity (Wildman–Crippen MR) is 97.5 cm³/mol. The largest absolute Gasteiger partial charge is 0.444 e. The Morgan fingerprint density at radius 3 is 2.89 bits per heavy atom. The number of nitrogens with zero attached hydrogens (tertiary/aromatic N) is 6. The second-order valence-corrected chi connectivity index (χ2v) is 7.58. The average Bonchev–Trinajstić information content (AvgIpc) is 3.20. The lowest BCUT2D eigenvalue weighted by atomic mass is 10.2. The van der Waals surface area contributed by atoms with Crippen LogP contribution in [0.2, 0.25) is 0 Å². The van der Waals surface area contributed by atoms with Gasteiger partial charge >= 0.3 is 11.8 Å². The van der Waals surface area contributed by atoms with E-state index in [0.29, 0.717) is 39.3 Å². The molecule has 1 saturated heterocycles. The summed E-state index contributed by atoms with van der Waals surface area (Å²) in [6.07, 6.45) is 2.35. The molecule has 1 aromatic heterocycles. The standard InChI is InChI=1S/C16H25N7O4/c1-16(2,3)27-15(24)20-6-7-22-12(10-20)8-18-14(22)17-4-5-21-11-13(9-19-21)23(25)26/h9,11-12H,4-8,10H2,1-3H3,(H,17,18). The van der Waals surface area contributed by atoms with Crippen molar-refractivity contribution in [2.45, 2.75) is 39.0 Å². The van der Waals surface area contributed by atoms with Gasteiger partial charge in [0.2, 0.25) is 0 Å². The van der Waals surface area contributed by atoms with Gasteiger partial charge in [0.25, 0.3) is 0 Å². The van der Waals surface area contributed by atoms with E-state index in [1.54, 1.807) is 4.90 Å². The van der Waals surface area contributed by atoms with Crippen molar-refractivity contribution in [2.24, 2.45) is 4.99 Å². The van der Waals surface area contributed by atoms with Crippen LogP contribution in [0, 0.1) is 10.1 Å². The molecule has 0 saturated carbocycles. The molecule has 1 amide bonds. The van der Waals surface area contributed by atoms with E-state index in [1.165, 1.54) is 17.1 Å². The lowest BCUT2D eigenvalue weighted by Gasteiger charge is -2.39. The highest BCUT2D eigenvalue weighted by Gasteiger charge is 2.36.